The molecule has 3 aliphatic rings. The predicted molar refractivity (Wildman–Crippen MR) is 137 cm³/mol. The number of aliphatic hydroxyl groups is 3. The Morgan fingerprint density at radius 2 is 1.74 bits per heavy atom. The summed E-state index contributed by atoms with van der Waals surface area (Å²) in [6.07, 6.45) is -5.48. The minimum Gasteiger partial charge on any atom is -0.504 e. The summed E-state index contributed by atoms with van der Waals surface area (Å²) in [7, 11) is -4.94. The Labute approximate surface area is 241 Å². The second-order valence-electron chi connectivity index (χ2n) is 9.75. The third-order valence-corrected chi connectivity index (χ3v) is 7.28. The van der Waals surface area contributed by atoms with Gasteiger partial charge in [0.1, 0.15) is 36.2 Å². The van der Waals surface area contributed by atoms with Gasteiger partial charge in [-0.1, -0.05) is 0 Å². The van der Waals surface area contributed by atoms with Crippen LogP contribution in [-0.2, 0) is 40.1 Å². The largest absolute Gasteiger partial charge is 0.504 e. The monoisotopic (exact) mass is 631 g/mol. The van der Waals surface area contributed by atoms with Gasteiger partial charge in [0.25, 0.3) is 6.04 Å². The van der Waals surface area contributed by atoms with E-state index in [0.717, 1.165) is 6.07 Å². The lowest BCUT2D eigenvalue weighted by molar-refractivity contribution is -0.456. The maximum Gasteiger partial charge on any atom is 0.397 e. The molecule has 19 heteroatoms. The molecular weight excluding hydrogens is 604 g/mol. The SMILES string of the molecule is O=C(O)C1=CC(=CC=[N+]2c3cc(O)c(O[C@@H]4O[C@H](COS(=O)(=O)O)[C@@H](O)[C@H](O)[C@H]4O)cc3C[C@H]2C(=O)O)C[C@H](C(=O)O)N1. The molecular formula is C24H27N2O16S+. The number of phenolic OH excluding ortho intramolecular Hbond substituents is 1. The quantitative estimate of drug-likeness (QED) is 0.100. The van der Waals surface area contributed by atoms with E-state index in [-0.39, 0.29) is 35.5 Å². The van der Waals surface area contributed by atoms with Gasteiger partial charge >= 0.3 is 28.3 Å². The molecule has 3 heterocycles. The number of rotatable bonds is 9. The molecule has 3 aliphatic heterocycles. The summed E-state index contributed by atoms with van der Waals surface area (Å²) in [6.45, 7) is -0.965. The number of ether oxygens (including phenoxy) is 2. The zero-order valence-corrected chi connectivity index (χ0v) is 22.6. The van der Waals surface area contributed by atoms with Crippen LogP contribution in [0.5, 0.6) is 11.5 Å². The highest BCUT2D eigenvalue weighted by Crippen LogP contribution is 2.40. The summed E-state index contributed by atoms with van der Waals surface area (Å²) in [4.78, 5) is 34.9. The lowest BCUT2D eigenvalue weighted by atomic mass is 9.99. The minimum atomic E-state index is -4.94. The number of aliphatic carboxylic acids is 3. The summed E-state index contributed by atoms with van der Waals surface area (Å²) in [6, 6.07) is -0.0939. The normalized spacial score (nSPS) is 30.8. The van der Waals surface area contributed by atoms with Crippen LogP contribution in [0, 0.1) is 0 Å². The standard InChI is InChI=1S/C24H26N2O16S/c27-15-7-13-10(6-16(15)41-24-20(30)19(29)18(28)17(42-24)8-40-43(37,38)39)5-14(23(35)36)26(13)2-1-9-3-11(21(31)32)25-12(4-9)22(33)34/h1-3,6-7,12,14,17-20,24,28-30H,4-5,8H2,(H5,27,31,32,33,34,35,36,37,38,39)/p+1/t12-,14+,17-,18-,19+,20-,24-/m1/s1. The number of carbonyl (C=O) groups is 3. The first-order chi connectivity index (χ1) is 20.1. The number of aromatic hydroxyl groups is 1. The van der Waals surface area contributed by atoms with E-state index in [4.69, 9.17) is 14.0 Å². The maximum atomic E-state index is 12.0. The number of aliphatic hydroxyl groups excluding tert-OH is 3. The van der Waals surface area contributed by atoms with Crippen molar-refractivity contribution in [1.29, 1.82) is 0 Å². The maximum absolute atomic E-state index is 12.0. The minimum absolute atomic E-state index is 0.111. The number of hydrogen-bond donors (Lipinski definition) is 9. The zero-order chi connectivity index (χ0) is 31.8. The van der Waals surface area contributed by atoms with E-state index in [1.807, 2.05) is 0 Å². The van der Waals surface area contributed by atoms with Gasteiger partial charge in [0.05, 0.1) is 19.1 Å². The topological polar surface area (TPSA) is 290 Å². The molecule has 1 aromatic rings. The molecule has 18 nitrogen and oxygen atoms in total. The zero-order valence-electron chi connectivity index (χ0n) is 21.7. The van der Waals surface area contributed by atoms with Gasteiger partial charge in [-0.05, 0) is 17.7 Å². The van der Waals surface area contributed by atoms with E-state index in [9.17, 15) is 58.5 Å². The van der Waals surface area contributed by atoms with Gasteiger partial charge in [-0.25, -0.2) is 18.6 Å². The van der Waals surface area contributed by atoms with Crippen molar-refractivity contribution in [2.24, 2.45) is 0 Å². The number of nitrogens with zero attached hydrogens (tertiary/aromatic N) is 1. The fourth-order valence-corrected chi connectivity index (χ4v) is 5.02. The first kappa shape index (κ1) is 31.8. The van der Waals surface area contributed by atoms with Gasteiger partial charge in [0.15, 0.2) is 17.7 Å². The van der Waals surface area contributed by atoms with Crippen LogP contribution in [0.2, 0.25) is 0 Å². The summed E-state index contributed by atoms with van der Waals surface area (Å²) in [5.41, 5.74) is 0.413. The second kappa shape index (κ2) is 12.2. The van der Waals surface area contributed by atoms with Gasteiger partial charge in [-0.2, -0.15) is 13.0 Å². The molecule has 0 radical (unpaired) electrons. The van der Waals surface area contributed by atoms with Crippen molar-refractivity contribution in [3.63, 3.8) is 0 Å². The second-order valence-corrected chi connectivity index (χ2v) is 10.8. The summed E-state index contributed by atoms with van der Waals surface area (Å²) < 4.78 is 46.7. The third-order valence-electron chi connectivity index (χ3n) is 6.84. The molecule has 0 saturated carbocycles. The molecule has 0 amide bonds. The van der Waals surface area contributed by atoms with E-state index in [0.29, 0.717) is 5.56 Å². The number of hydrogen-bond acceptors (Lipinski definition) is 13. The van der Waals surface area contributed by atoms with Gasteiger partial charge in [-0.15, -0.1) is 0 Å². The van der Waals surface area contributed by atoms with Gasteiger partial charge < -0.3 is 50.5 Å². The Morgan fingerprint density at radius 3 is 2.35 bits per heavy atom. The Hall–Kier alpha value is -4.11. The number of carboxylic acid groups (broad SMARTS) is 3. The van der Waals surface area contributed by atoms with Crippen LogP contribution < -0.4 is 10.1 Å². The molecule has 1 fully saturated rings. The molecule has 7 atom stereocenters. The average molecular weight is 632 g/mol. The number of allylic oxidation sites excluding steroid dienone is 2. The first-order valence-electron chi connectivity index (χ1n) is 12.4. The van der Waals surface area contributed by atoms with Crippen molar-refractivity contribution in [2.75, 3.05) is 6.61 Å². The molecule has 0 bridgehead atoms. The van der Waals surface area contributed by atoms with Crippen LogP contribution >= 0.6 is 0 Å². The molecule has 1 aromatic carbocycles. The number of carboxylic acids is 3. The molecule has 0 aliphatic carbocycles. The lowest BCUT2D eigenvalue weighted by Crippen LogP contribution is -2.60. The van der Waals surface area contributed by atoms with Crippen LogP contribution in [0.3, 0.4) is 0 Å². The van der Waals surface area contributed by atoms with E-state index < -0.39 is 83.5 Å². The molecule has 0 unspecified atom stereocenters. The lowest BCUT2D eigenvalue weighted by Gasteiger charge is -2.39. The number of fused-ring (bicyclic) bond motifs is 1. The highest BCUT2D eigenvalue weighted by Gasteiger charge is 2.46. The third kappa shape index (κ3) is 7.10. The molecule has 43 heavy (non-hydrogen) atoms. The summed E-state index contributed by atoms with van der Waals surface area (Å²) >= 11 is 0. The number of nitrogens with one attached hydrogen (secondary N) is 1. The summed E-state index contributed by atoms with van der Waals surface area (Å²) in [5.74, 6) is -4.89. The van der Waals surface area contributed by atoms with Crippen molar-refractivity contribution in [3.8, 4) is 11.5 Å². The molecule has 0 spiro atoms. The van der Waals surface area contributed by atoms with Crippen LogP contribution in [0.15, 0.2) is 35.6 Å². The predicted octanol–water partition coefficient (Wildman–Crippen LogP) is -2.54. The van der Waals surface area contributed by atoms with Crippen LogP contribution in [0.1, 0.15) is 12.0 Å². The molecule has 4 rings (SSSR count). The van der Waals surface area contributed by atoms with E-state index in [1.54, 1.807) is 0 Å². The van der Waals surface area contributed by atoms with Crippen molar-refractivity contribution in [3.05, 3.63) is 41.1 Å². The fourth-order valence-electron chi connectivity index (χ4n) is 4.72. The van der Waals surface area contributed by atoms with Crippen molar-refractivity contribution >= 4 is 40.2 Å². The van der Waals surface area contributed by atoms with Crippen molar-refractivity contribution in [1.82, 2.24) is 5.32 Å². The average Bonchev–Trinajstić information content (AvgIpc) is 3.28. The highest BCUT2D eigenvalue weighted by atomic mass is 32.3. The van der Waals surface area contributed by atoms with Crippen molar-refractivity contribution in [2.45, 2.75) is 55.6 Å². The molecule has 234 valence electrons. The van der Waals surface area contributed by atoms with Gasteiger partial charge in [-0.3, -0.25) is 4.55 Å². The highest BCUT2D eigenvalue weighted by molar-refractivity contribution is 7.80. The summed E-state index contributed by atoms with van der Waals surface area (Å²) in [5, 5.41) is 72.1. The van der Waals surface area contributed by atoms with E-state index in [1.165, 1.54) is 29.0 Å². The molecule has 1 saturated heterocycles. The Bertz CT molecular complexity index is 1520. The van der Waals surface area contributed by atoms with E-state index >= 15 is 0 Å². The number of phenols is 1. The number of benzene rings is 1. The van der Waals surface area contributed by atoms with Gasteiger partial charge in [0, 0.05) is 18.1 Å². The Balaban J connectivity index is 1.63. The van der Waals surface area contributed by atoms with Crippen LogP contribution in [0.4, 0.5) is 5.69 Å². The van der Waals surface area contributed by atoms with Crippen molar-refractivity contribution < 1.29 is 81.3 Å². The Morgan fingerprint density at radius 1 is 1.05 bits per heavy atom. The molecule has 9 N–H and O–H groups in total. The molecule has 0 aromatic heterocycles. The smallest absolute Gasteiger partial charge is 0.397 e. The van der Waals surface area contributed by atoms with Crippen LogP contribution in [-0.4, -0.2) is 127 Å². The van der Waals surface area contributed by atoms with Crippen LogP contribution in [0.25, 0.3) is 0 Å². The fraction of sp³-hybridized carbons (Fsp3) is 0.417. The Kier molecular flexibility index (Phi) is 9.06. The van der Waals surface area contributed by atoms with Gasteiger partial charge in [0.2, 0.25) is 12.0 Å². The van der Waals surface area contributed by atoms with E-state index in [2.05, 4.69) is 9.50 Å². The first-order valence-corrected chi connectivity index (χ1v) is 13.8.